The molecule has 84 valence electrons. The molecule has 2 rings (SSSR count). The van der Waals surface area contributed by atoms with Gasteiger partial charge in [-0.1, -0.05) is 25.4 Å². The van der Waals surface area contributed by atoms with Crippen LogP contribution in [-0.4, -0.2) is 14.8 Å². The first-order valence-corrected chi connectivity index (χ1v) is 5.43. The molecule has 0 aromatic carbocycles. The third-order valence-electron chi connectivity index (χ3n) is 2.34. The van der Waals surface area contributed by atoms with Gasteiger partial charge in [-0.05, 0) is 18.1 Å². The predicted molar refractivity (Wildman–Crippen MR) is 64.9 cm³/mol. The van der Waals surface area contributed by atoms with Crippen molar-refractivity contribution < 1.29 is 0 Å². The maximum Gasteiger partial charge on any atom is 0.146 e. The number of hydrogen-bond acceptors (Lipinski definition) is 3. The van der Waals surface area contributed by atoms with Crippen molar-refractivity contribution in [3.8, 4) is 5.69 Å². The van der Waals surface area contributed by atoms with Crippen molar-refractivity contribution in [2.24, 2.45) is 0 Å². The van der Waals surface area contributed by atoms with Crippen LogP contribution in [-0.2, 0) is 0 Å². The zero-order valence-corrected chi connectivity index (χ0v) is 9.94. The molecule has 0 saturated carbocycles. The molecule has 0 amide bonds. The van der Waals surface area contributed by atoms with Crippen molar-refractivity contribution in [3.05, 3.63) is 35.2 Å². The molecule has 4 nitrogen and oxygen atoms in total. The van der Waals surface area contributed by atoms with Crippen LogP contribution in [0.3, 0.4) is 0 Å². The maximum absolute atomic E-state index is 6.13. The topological polar surface area (TPSA) is 56.7 Å². The number of aromatic nitrogens is 3. The van der Waals surface area contributed by atoms with Crippen LogP contribution in [0.15, 0.2) is 24.5 Å². The molecule has 0 unspecified atom stereocenters. The SMILES string of the molecule is CC(C)c1nn(-c2ccncc2)c(N)c1Cl. The van der Waals surface area contributed by atoms with Crippen LogP contribution in [0.1, 0.15) is 25.5 Å². The largest absolute Gasteiger partial charge is 0.382 e. The van der Waals surface area contributed by atoms with E-state index in [0.29, 0.717) is 10.8 Å². The Labute approximate surface area is 99.1 Å². The van der Waals surface area contributed by atoms with Gasteiger partial charge in [0.05, 0.1) is 11.4 Å². The highest BCUT2D eigenvalue weighted by Gasteiger charge is 2.16. The third-order valence-corrected chi connectivity index (χ3v) is 2.73. The molecule has 5 heteroatoms. The molecule has 2 N–H and O–H groups in total. The first-order valence-electron chi connectivity index (χ1n) is 5.05. The Bertz CT molecular complexity index is 490. The van der Waals surface area contributed by atoms with E-state index in [4.69, 9.17) is 17.3 Å². The van der Waals surface area contributed by atoms with E-state index in [1.165, 1.54) is 0 Å². The molecule has 0 radical (unpaired) electrons. The summed E-state index contributed by atoms with van der Waals surface area (Å²) < 4.78 is 1.64. The number of nitrogens with zero attached hydrogens (tertiary/aromatic N) is 3. The third kappa shape index (κ3) is 1.76. The van der Waals surface area contributed by atoms with Crippen molar-refractivity contribution >= 4 is 17.4 Å². The number of anilines is 1. The first kappa shape index (κ1) is 11.0. The van der Waals surface area contributed by atoms with Crippen molar-refractivity contribution in [1.29, 1.82) is 0 Å². The van der Waals surface area contributed by atoms with Crippen LogP contribution in [0, 0.1) is 0 Å². The minimum atomic E-state index is 0.248. The number of nitrogens with two attached hydrogens (primary N) is 1. The summed E-state index contributed by atoms with van der Waals surface area (Å²) in [7, 11) is 0. The van der Waals surface area contributed by atoms with Gasteiger partial charge in [-0.3, -0.25) is 4.98 Å². The van der Waals surface area contributed by atoms with Crippen molar-refractivity contribution in [2.75, 3.05) is 5.73 Å². The van der Waals surface area contributed by atoms with Gasteiger partial charge in [0.1, 0.15) is 10.8 Å². The Morgan fingerprint density at radius 1 is 1.31 bits per heavy atom. The Balaban J connectivity index is 2.55. The van der Waals surface area contributed by atoms with E-state index < -0.39 is 0 Å². The highest BCUT2D eigenvalue weighted by atomic mass is 35.5. The second-order valence-corrected chi connectivity index (χ2v) is 4.23. The van der Waals surface area contributed by atoms with Crippen molar-refractivity contribution in [2.45, 2.75) is 19.8 Å². The summed E-state index contributed by atoms with van der Waals surface area (Å²) in [4.78, 5) is 3.95. The highest BCUT2D eigenvalue weighted by Crippen LogP contribution is 2.30. The molecule has 2 aromatic rings. The average molecular weight is 237 g/mol. The molecule has 0 aliphatic heterocycles. The fraction of sp³-hybridized carbons (Fsp3) is 0.273. The van der Waals surface area contributed by atoms with Gasteiger partial charge in [-0.2, -0.15) is 5.10 Å². The van der Waals surface area contributed by atoms with E-state index in [-0.39, 0.29) is 5.92 Å². The van der Waals surface area contributed by atoms with Crippen LogP contribution in [0.4, 0.5) is 5.82 Å². The number of rotatable bonds is 2. The molecule has 0 bridgehead atoms. The Morgan fingerprint density at radius 2 is 1.94 bits per heavy atom. The van der Waals surface area contributed by atoms with Gasteiger partial charge in [0.15, 0.2) is 0 Å². The van der Waals surface area contributed by atoms with E-state index in [1.807, 2.05) is 26.0 Å². The lowest BCUT2D eigenvalue weighted by molar-refractivity contribution is 0.770. The number of hydrogen-bond donors (Lipinski definition) is 1. The average Bonchev–Trinajstić information content (AvgIpc) is 2.58. The zero-order chi connectivity index (χ0) is 11.7. The summed E-state index contributed by atoms with van der Waals surface area (Å²) in [5.41, 5.74) is 7.60. The standard InChI is InChI=1S/C11H13ClN4/c1-7(2)10-9(12)11(13)16(15-10)8-3-5-14-6-4-8/h3-7H,13H2,1-2H3. The van der Waals surface area contributed by atoms with Gasteiger partial charge >= 0.3 is 0 Å². The summed E-state index contributed by atoms with van der Waals surface area (Å²) in [6.45, 7) is 4.06. The van der Waals surface area contributed by atoms with Crippen LogP contribution in [0.2, 0.25) is 5.02 Å². The summed E-state index contributed by atoms with van der Waals surface area (Å²) in [6.07, 6.45) is 3.39. The molecule has 0 aliphatic rings. The lowest BCUT2D eigenvalue weighted by Gasteiger charge is -2.02. The minimum absolute atomic E-state index is 0.248. The second-order valence-electron chi connectivity index (χ2n) is 3.86. The molecule has 0 fully saturated rings. The van der Waals surface area contributed by atoms with E-state index in [1.54, 1.807) is 17.1 Å². The molecular weight excluding hydrogens is 224 g/mol. The Morgan fingerprint density at radius 3 is 2.44 bits per heavy atom. The van der Waals surface area contributed by atoms with E-state index in [9.17, 15) is 0 Å². The van der Waals surface area contributed by atoms with Crippen molar-refractivity contribution in [1.82, 2.24) is 14.8 Å². The molecule has 0 aliphatic carbocycles. The quantitative estimate of drug-likeness (QED) is 0.872. The van der Waals surface area contributed by atoms with Crippen LogP contribution in [0.5, 0.6) is 0 Å². The van der Waals surface area contributed by atoms with Gasteiger partial charge in [-0.25, -0.2) is 4.68 Å². The minimum Gasteiger partial charge on any atom is -0.382 e. The summed E-state index contributed by atoms with van der Waals surface area (Å²) in [6, 6.07) is 3.67. The number of nitrogen functional groups attached to an aromatic ring is 1. The lowest BCUT2D eigenvalue weighted by atomic mass is 10.1. The molecule has 0 atom stereocenters. The van der Waals surface area contributed by atoms with Gasteiger partial charge in [0.2, 0.25) is 0 Å². The smallest absolute Gasteiger partial charge is 0.146 e. The van der Waals surface area contributed by atoms with Gasteiger partial charge in [-0.15, -0.1) is 0 Å². The Hall–Kier alpha value is -1.55. The lowest BCUT2D eigenvalue weighted by Crippen LogP contribution is -2.02. The molecule has 2 heterocycles. The van der Waals surface area contributed by atoms with Crippen LogP contribution < -0.4 is 5.73 Å². The fourth-order valence-electron chi connectivity index (χ4n) is 1.48. The van der Waals surface area contributed by atoms with E-state index in [0.717, 1.165) is 11.4 Å². The molecular formula is C11H13ClN4. The number of halogens is 1. The van der Waals surface area contributed by atoms with Crippen LogP contribution in [0.25, 0.3) is 5.69 Å². The normalized spacial score (nSPS) is 11.0. The number of pyridine rings is 1. The summed E-state index contributed by atoms with van der Waals surface area (Å²) in [5, 5.41) is 4.95. The second kappa shape index (κ2) is 4.14. The molecule has 16 heavy (non-hydrogen) atoms. The maximum atomic E-state index is 6.13. The summed E-state index contributed by atoms with van der Waals surface area (Å²) in [5.74, 6) is 0.717. The predicted octanol–water partition coefficient (Wildman–Crippen LogP) is 2.63. The van der Waals surface area contributed by atoms with Crippen LogP contribution >= 0.6 is 11.6 Å². The fourth-order valence-corrected chi connectivity index (χ4v) is 1.82. The highest BCUT2D eigenvalue weighted by molar-refractivity contribution is 6.33. The first-order chi connectivity index (χ1) is 7.61. The Kier molecular flexibility index (Phi) is 2.83. The van der Waals surface area contributed by atoms with Gasteiger partial charge in [0.25, 0.3) is 0 Å². The molecule has 0 saturated heterocycles. The van der Waals surface area contributed by atoms with Gasteiger partial charge in [0, 0.05) is 12.4 Å². The zero-order valence-electron chi connectivity index (χ0n) is 9.18. The van der Waals surface area contributed by atoms with Crippen molar-refractivity contribution in [3.63, 3.8) is 0 Å². The summed E-state index contributed by atoms with van der Waals surface area (Å²) >= 11 is 6.13. The monoisotopic (exact) mass is 236 g/mol. The van der Waals surface area contributed by atoms with E-state index in [2.05, 4.69) is 10.1 Å². The van der Waals surface area contributed by atoms with E-state index >= 15 is 0 Å². The molecule has 2 aromatic heterocycles. The molecule has 0 spiro atoms. The van der Waals surface area contributed by atoms with Gasteiger partial charge < -0.3 is 5.73 Å².